The van der Waals surface area contributed by atoms with Gasteiger partial charge in [0.2, 0.25) is 0 Å². The summed E-state index contributed by atoms with van der Waals surface area (Å²) in [4.78, 5) is 2.49. The first-order chi connectivity index (χ1) is 21.8. The van der Waals surface area contributed by atoms with Crippen LogP contribution in [0.15, 0.2) is 59.3 Å². The lowest BCUT2D eigenvalue weighted by Crippen LogP contribution is -2.05. The van der Waals surface area contributed by atoms with Crippen molar-refractivity contribution in [2.45, 2.75) is 99.3 Å². The van der Waals surface area contributed by atoms with E-state index in [4.69, 9.17) is 9.47 Å². The van der Waals surface area contributed by atoms with Crippen molar-refractivity contribution in [1.29, 1.82) is 0 Å². The van der Waals surface area contributed by atoms with Gasteiger partial charge in [-0.25, -0.2) is 0 Å². The molecule has 2 unspecified atom stereocenters. The van der Waals surface area contributed by atoms with Crippen molar-refractivity contribution in [3.05, 3.63) is 70.4 Å². The van der Waals surface area contributed by atoms with Gasteiger partial charge in [0.25, 0.3) is 0 Å². The summed E-state index contributed by atoms with van der Waals surface area (Å²) in [5.74, 6) is 5.07. The van der Waals surface area contributed by atoms with Crippen molar-refractivity contribution in [2.75, 3.05) is 13.2 Å². The van der Waals surface area contributed by atoms with Gasteiger partial charge in [0.15, 0.2) is 0 Å². The minimum atomic E-state index is 0.708. The maximum atomic E-state index is 6.35. The molecule has 2 atom stereocenters. The van der Waals surface area contributed by atoms with Crippen molar-refractivity contribution in [3.63, 3.8) is 0 Å². The van der Waals surface area contributed by atoms with Gasteiger partial charge in [0.1, 0.15) is 11.5 Å². The summed E-state index contributed by atoms with van der Waals surface area (Å²) < 4.78 is 12.7. The van der Waals surface area contributed by atoms with E-state index in [-0.39, 0.29) is 0 Å². The van der Waals surface area contributed by atoms with E-state index >= 15 is 0 Å². The molecule has 0 aliphatic heterocycles. The van der Waals surface area contributed by atoms with Crippen molar-refractivity contribution in [2.24, 2.45) is 23.7 Å². The van der Waals surface area contributed by atoms with Crippen LogP contribution in [0.3, 0.4) is 0 Å². The third kappa shape index (κ3) is 9.26. The van der Waals surface area contributed by atoms with Crippen LogP contribution in [-0.4, -0.2) is 13.2 Å². The topological polar surface area (TPSA) is 18.5 Å². The van der Waals surface area contributed by atoms with E-state index in [1.165, 1.54) is 81.7 Å². The fourth-order valence-corrected chi connectivity index (χ4v) is 8.18. The molecule has 2 aromatic carbocycles. The van der Waals surface area contributed by atoms with E-state index in [1.54, 1.807) is 22.7 Å². The van der Waals surface area contributed by atoms with Gasteiger partial charge >= 0.3 is 0 Å². The lowest BCUT2D eigenvalue weighted by atomic mass is 9.98. The largest absolute Gasteiger partial charge is 0.492 e. The second kappa shape index (κ2) is 16.3. The van der Waals surface area contributed by atoms with E-state index in [0.29, 0.717) is 11.8 Å². The summed E-state index contributed by atoms with van der Waals surface area (Å²) in [6.45, 7) is 15.6. The van der Waals surface area contributed by atoms with Gasteiger partial charge in [-0.2, -0.15) is 0 Å². The quantitative estimate of drug-likeness (QED) is 0.0947. The number of fused-ring (bicyclic) bond motifs is 3. The predicted octanol–water partition coefficient (Wildman–Crippen LogP) is 13.2. The summed E-state index contributed by atoms with van der Waals surface area (Å²) in [5, 5.41) is 4.33. The van der Waals surface area contributed by atoms with Crippen LogP contribution in [0.2, 0.25) is 0 Å². The van der Waals surface area contributed by atoms with Crippen LogP contribution in [0.25, 0.3) is 32.0 Å². The second-order valence-corrected chi connectivity index (χ2v) is 16.1. The van der Waals surface area contributed by atoms with Crippen LogP contribution in [0.5, 0.6) is 11.5 Å². The van der Waals surface area contributed by atoms with Gasteiger partial charge < -0.3 is 9.47 Å². The molecule has 45 heavy (non-hydrogen) atoms. The van der Waals surface area contributed by atoms with Gasteiger partial charge in [0.05, 0.1) is 23.0 Å². The summed E-state index contributed by atoms with van der Waals surface area (Å²) in [7, 11) is 0. The first-order valence-corrected chi connectivity index (χ1v) is 19.2. The third-order valence-electron chi connectivity index (χ3n) is 9.36. The molecule has 1 aliphatic rings. The monoisotopic (exact) mass is 642 g/mol. The van der Waals surface area contributed by atoms with Gasteiger partial charge in [0, 0.05) is 0 Å². The van der Waals surface area contributed by atoms with Crippen LogP contribution in [-0.2, 0) is 6.42 Å². The zero-order valence-electron chi connectivity index (χ0n) is 28.5. The molecule has 0 saturated carbocycles. The van der Waals surface area contributed by atoms with E-state index in [2.05, 4.69) is 101 Å². The highest BCUT2D eigenvalue weighted by Crippen LogP contribution is 2.44. The molecule has 2 nitrogen and oxygen atoms in total. The van der Waals surface area contributed by atoms with Crippen molar-refractivity contribution < 1.29 is 9.47 Å². The van der Waals surface area contributed by atoms with E-state index in [9.17, 15) is 0 Å². The summed E-state index contributed by atoms with van der Waals surface area (Å²) in [6.07, 6.45) is 11.1. The Bertz CT molecular complexity index is 1380. The molecule has 242 valence electrons. The van der Waals surface area contributed by atoms with Gasteiger partial charge in [-0.15, -0.1) is 22.7 Å². The Balaban J connectivity index is 1.18. The number of benzene rings is 2. The molecule has 0 N–H and O–H groups in total. The number of ether oxygens (including phenoxy) is 2. The normalized spacial score (nSPS) is 13.7. The Kier molecular flexibility index (Phi) is 12.3. The van der Waals surface area contributed by atoms with Crippen LogP contribution in [0, 0.1) is 23.7 Å². The first kappa shape index (κ1) is 33.8. The molecule has 0 radical (unpaired) electrons. The second-order valence-electron chi connectivity index (χ2n) is 14.3. The number of hydrogen-bond acceptors (Lipinski definition) is 4. The highest BCUT2D eigenvalue weighted by atomic mass is 32.1. The third-order valence-corrected chi connectivity index (χ3v) is 11.2. The highest BCUT2D eigenvalue weighted by Gasteiger charge is 2.22. The molecule has 4 heteroatoms. The molecular formula is C41H54O2S2. The Morgan fingerprint density at radius 2 is 1.00 bits per heavy atom. The zero-order chi connectivity index (χ0) is 31.8. The smallest absolute Gasteiger partial charge is 0.137 e. The molecule has 0 bridgehead atoms. The zero-order valence-corrected chi connectivity index (χ0v) is 30.1. The minimum Gasteiger partial charge on any atom is -0.492 e. The van der Waals surface area contributed by atoms with Crippen molar-refractivity contribution in [1.82, 2.24) is 0 Å². The van der Waals surface area contributed by atoms with Gasteiger partial charge in [-0.05, 0) is 111 Å². The lowest BCUT2D eigenvalue weighted by molar-refractivity contribution is 0.277. The number of thiophene rings is 2. The number of rotatable bonds is 18. The van der Waals surface area contributed by atoms with E-state index in [0.717, 1.165) is 55.8 Å². The molecule has 2 aromatic heterocycles. The standard InChI is InChI=1S/C41H54O2S2/c1-28(2)9-7-11-30(5)17-21-42-38-19-23-44-40(38)32-13-15-36-34(25-32)27-35-26-33(14-16-37(35)36)41-39(20-24-45-41)43-22-18-31(6)12-8-10-29(3)4/h13-16,19-20,23-26,28-31H,7-12,17-18,21-22,27H2,1-6H3. The molecular weight excluding hydrogens is 589 g/mol. The highest BCUT2D eigenvalue weighted by molar-refractivity contribution is 7.14. The summed E-state index contributed by atoms with van der Waals surface area (Å²) in [6, 6.07) is 18.3. The van der Waals surface area contributed by atoms with Crippen LogP contribution >= 0.6 is 22.7 Å². The van der Waals surface area contributed by atoms with Crippen LogP contribution in [0.1, 0.15) is 104 Å². The maximum absolute atomic E-state index is 6.35. The molecule has 0 amide bonds. The van der Waals surface area contributed by atoms with Gasteiger partial charge in [-0.1, -0.05) is 104 Å². The Hall–Kier alpha value is -2.56. The maximum Gasteiger partial charge on any atom is 0.137 e. The average Bonchev–Trinajstić information content (AvgIpc) is 3.74. The molecule has 0 fully saturated rings. The fraction of sp³-hybridized carbons (Fsp3) is 0.512. The predicted molar refractivity (Wildman–Crippen MR) is 197 cm³/mol. The molecule has 4 aromatic rings. The fourth-order valence-electron chi connectivity index (χ4n) is 6.51. The van der Waals surface area contributed by atoms with Crippen molar-refractivity contribution in [3.8, 4) is 43.5 Å². The SMILES string of the molecule is CC(C)CCCC(C)CCOc1ccsc1-c1ccc2c(c1)Cc1cc(-c3sccc3OCCC(C)CCCC(C)C)ccc1-2. The first-order valence-electron chi connectivity index (χ1n) is 17.5. The lowest BCUT2D eigenvalue weighted by Gasteiger charge is -2.14. The Labute approximate surface area is 281 Å². The van der Waals surface area contributed by atoms with Crippen LogP contribution in [0.4, 0.5) is 0 Å². The Morgan fingerprint density at radius 1 is 0.556 bits per heavy atom. The molecule has 2 heterocycles. The minimum absolute atomic E-state index is 0.708. The summed E-state index contributed by atoms with van der Waals surface area (Å²) >= 11 is 3.57. The van der Waals surface area contributed by atoms with E-state index in [1.807, 2.05) is 0 Å². The van der Waals surface area contributed by atoms with E-state index < -0.39 is 0 Å². The number of hydrogen-bond donors (Lipinski definition) is 0. The van der Waals surface area contributed by atoms with Gasteiger partial charge in [-0.3, -0.25) is 0 Å². The van der Waals surface area contributed by atoms with Crippen LogP contribution < -0.4 is 9.47 Å². The average molecular weight is 643 g/mol. The van der Waals surface area contributed by atoms with Crippen molar-refractivity contribution >= 4 is 22.7 Å². The molecule has 0 saturated heterocycles. The Morgan fingerprint density at radius 3 is 1.42 bits per heavy atom. The molecule has 5 rings (SSSR count). The molecule has 1 aliphatic carbocycles. The molecule has 0 spiro atoms. The summed E-state index contributed by atoms with van der Waals surface area (Å²) in [5.41, 5.74) is 8.08.